The molecule has 2 N–H and O–H groups in total. The van der Waals surface area contributed by atoms with E-state index in [4.69, 9.17) is 21.7 Å². The van der Waals surface area contributed by atoms with Crippen LogP contribution in [-0.2, 0) is 9.47 Å². The summed E-state index contributed by atoms with van der Waals surface area (Å²) in [6, 6.07) is 6.10. The number of thiocarbonyl (C=S) groups is 1. The lowest BCUT2D eigenvalue weighted by Crippen LogP contribution is -2.37. The number of anilines is 1. The summed E-state index contributed by atoms with van der Waals surface area (Å²) in [6.07, 6.45) is -0.275. The molecular formula is C15H24N2O2S. The SMILES string of the molecule is CCOC(CNC(=S)Nc1cccc(C)c1C)OCC. The molecule has 1 aromatic carbocycles. The van der Waals surface area contributed by atoms with Gasteiger partial charge >= 0.3 is 0 Å². The van der Waals surface area contributed by atoms with Crippen LogP contribution in [0.3, 0.4) is 0 Å². The van der Waals surface area contributed by atoms with E-state index in [2.05, 4.69) is 30.5 Å². The summed E-state index contributed by atoms with van der Waals surface area (Å²) >= 11 is 5.29. The van der Waals surface area contributed by atoms with E-state index in [-0.39, 0.29) is 6.29 Å². The molecule has 1 aromatic rings. The van der Waals surface area contributed by atoms with Gasteiger partial charge < -0.3 is 20.1 Å². The first-order valence-electron chi connectivity index (χ1n) is 6.92. The Hall–Kier alpha value is -1.17. The van der Waals surface area contributed by atoms with E-state index in [1.807, 2.05) is 26.0 Å². The molecule has 0 heterocycles. The summed E-state index contributed by atoms with van der Waals surface area (Å²) < 4.78 is 10.9. The minimum Gasteiger partial charge on any atom is -0.357 e. The Bertz CT molecular complexity index is 432. The van der Waals surface area contributed by atoms with Crippen LogP contribution >= 0.6 is 12.2 Å². The van der Waals surface area contributed by atoms with Gasteiger partial charge in [0.05, 0.1) is 6.54 Å². The highest BCUT2D eigenvalue weighted by Crippen LogP contribution is 2.17. The maximum absolute atomic E-state index is 5.45. The van der Waals surface area contributed by atoms with Gasteiger partial charge in [-0.05, 0) is 57.1 Å². The molecule has 0 aliphatic carbocycles. The number of ether oxygens (including phenoxy) is 2. The molecule has 0 aromatic heterocycles. The minimum atomic E-state index is -0.275. The Labute approximate surface area is 126 Å². The van der Waals surface area contributed by atoms with Crippen LogP contribution in [0.1, 0.15) is 25.0 Å². The highest BCUT2D eigenvalue weighted by Gasteiger charge is 2.09. The molecular weight excluding hydrogens is 272 g/mol. The van der Waals surface area contributed by atoms with Crippen LogP contribution < -0.4 is 10.6 Å². The fourth-order valence-electron chi connectivity index (χ4n) is 1.77. The van der Waals surface area contributed by atoms with Crippen LogP contribution in [0.15, 0.2) is 18.2 Å². The molecule has 0 unspecified atom stereocenters. The first-order chi connectivity index (χ1) is 9.58. The van der Waals surface area contributed by atoms with Crippen molar-refractivity contribution in [3.63, 3.8) is 0 Å². The van der Waals surface area contributed by atoms with Gasteiger partial charge in [-0.1, -0.05) is 12.1 Å². The van der Waals surface area contributed by atoms with Gasteiger partial charge in [0, 0.05) is 18.9 Å². The molecule has 0 spiro atoms. The smallest absolute Gasteiger partial charge is 0.174 e. The lowest BCUT2D eigenvalue weighted by atomic mass is 10.1. The summed E-state index contributed by atoms with van der Waals surface area (Å²) in [5.41, 5.74) is 3.45. The van der Waals surface area contributed by atoms with Crippen molar-refractivity contribution in [1.29, 1.82) is 0 Å². The molecule has 0 bridgehead atoms. The second-order valence-corrected chi connectivity index (χ2v) is 4.83. The summed E-state index contributed by atoms with van der Waals surface area (Å²) in [7, 11) is 0. The second kappa shape index (κ2) is 8.89. The van der Waals surface area contributed by atoms with Crippen LogP contribution in [0, 0.1) is 13.8 Å². The first-order valence-corrected chi connectivity index (χ1v) is 7.33. The van der Waals surface area contributed by atoms with Crippen molar-refractivity contribution in [2.24, 2.45) is 0 Å². The number of hydrogen-bond donors (Lipinski definition) is 2. The summed E-state index contributed by atoms with van der Waals surface area (Å²) in [5, 5.41) is 6.89. The quantitative estimate of drug-likeness (QED) is 0.598. The third-order valence-electron chi connectivity index (χ3n) is 2.99. The van der Waals surface area contributed by atoms with E-state index in [1.165, 1.54) is 11.1 Å². The van der Waals surface area contributed by atoms with Crippen LogP contribution in [-0.4, -0.2) is 31.2 Å². The zero-order valence-electron chi connectivity index (χ0n) is 12.7. The van der Waals surface area contributed by atoms with Crippen molar-refractivity contribution in [3.05, 3.63) is 29.3 Å². The number of nitrogens with one attached hydrogen (secondary N) is 2. The highest BCUT2D eigenvalue weighted by molar-refractivity contribution is 7.80. The fourth-order valence-corrected chi connectivity index (χ4v) is 1.96. The zero-order chi connectivity index (χ0) is 15.0. The van der Waals surface area contributed by atoms with Gasteiger partial charge in [0.25, 0.3) is 0 Å². The van der Waals surface area contributed by atoms with Crippen LogP contribution in [0.25, 0.3) is 0 Å². The van der Waals surface area contributed by atoms with E-state index >= 15 is 0 Å². The topological polar surface area (TPSA) is 42.5 Å². The van der Waals surface area contributed by atoms with Gasteiger partial charge in [-0.2, -0.15) is 0 Å². The number of rotatable bonds is 7. The molecule has 0 amide bonds. The van der Waals surface area contributed by atoms with Gasteiger partial charge in [-0.25, -0.2) is 0 Å². The molecule has 4 nitrogen and oxygen atoms in total. The Morgan fingerprint density at radius 3 is 2.45 bits per heavy atom. The molecule has 0 aliphatic rings. The number of hydrogen-bond acceptors (Lipinski definition) is 3. The molecule has 1 rings (SSSR count). The zero-order valence-corrected chi connectivity index (χ0v) is 13.5. The number of benzene rings is 1. The third kappa shape index (κ3) is 5.45. The largest absolute Gasteiger partial charge is 0.357 e. The first kappa shape index (κ1) is 16.9. The Morgan fingerprint density at radius 1 is 1.20 bits per heavy atom. The van der Waals surface area contributed by atoms with E-state index in [1.54, 1.807) is 0 Å². The van der Waals surface area contributed by atoms with Crippen molar-refractivity contribution in [2.45, 2.75) is 34.0 Å². The Morgan fingerprint density at radius 2 is 1.85 bits per heavy atom. The van der Waals surface area contributed by atoms with Gasteiger partial charge in [0.1, 0.15) is 0 Å². The summed E-state index contributed by atoms with van der Waals surface area (Å²) in [4.78, 5) is 0. The maximum atomic E-state index is 5.45. The molecule has 5 heteroatoms. The van der Waals surface area contributed by atoms with Crippen molar-refractivity contribution < 1.29 is 9.47 Å². The average Bonchev–Trinajstić information content (AvgIpc) is 2.42. The molecule has 0 atom stereocenters. The lowest BCUT2D eigenvalue weighted by molar-refractivity contribution is -0.130. The van der Waals surface area contributed by atoms with Crippen LogP contribution in [0.2, 0.25) is 0 Å². The van der Waals surface area contributed by atoms with E-state index in [0.717, 1.165) is 5.69 Å². The second-order valence-electron chi connectivity index (χ2n) is 4.42. The van der Waals surface area contributed by atoms with Crippen molar-refractivity contribution >= 4 is 23.0 Å². The highest BCUT2D eigenvalue weighted by atomic mass is 32.1. The van der Waals surface area contributed by atoms with Crippen molar-refractivity contribution in [1.82, 2.24) is 5.32 Å². The predicted molar refractivity (Wildman–Crippen MR) is 87.2 cm³/mol. The molecule has 0 saturated carbocycles. The standard InChI is InChI=1S/C15H24N2O2S/c1-5-18-14(19-6-2)10-16-15(20)17-13-9-7-8-11(3)12(13)4/h7-9,14H,5-6,10H2,1-4H3,(H2,16,17,20). The lowest BCUT2D eigenvalue weighted by Gasteiger charge is -2.19. The van der Waals surface area contributed by atoms with Crippen molar-refractivity contribution in [2.75, 3.05) is 25.1 Å². The van der Waals surface area contributed by atoms with Crippen LogP contribution in [0.4, 0.5) is 5.69 Å². The molecule has 0 radical (unpaired) electrons. The summed E-state index contributed by atoms with van der Waals surface area (Å²) in [5.74, 6) is 0. The van der Waals surface area contributed by atoms with E-state index in [9.17, 15) is 0 Å². The molecule has 0 fully saturated rings. The monoisotopic (exact) mass is 296 g/mol. The Kier molecular flexibility index (Phi) is 7.51. The van der Waals surface area contributed by atoms with Gasteiger partial charge in [-0.3, -0.25) is 0 Å². The minimum absolute atomic E-state index is 0.275. The Balaban J connectivity index is 2.48. The normalized spacial score (nSPS) is 10.7. The number of aryl methyl sites for hydroxylation is 1. The van der Waals surface area contributed by atoms with E-state index < -0.39 is 0 Å². The molecule has 20 heavy (non-hydrogen) atoms. The summed E-state index contributed by atoms with van der Waals surface area (Å²) in [6.45, 7) is 9.80. The van der Waals surface area contributed by atoms with Gasteiger partial charge in [0.2, 0.25) is 0 Å². The van der Waals surface area contributed by atoms with Crippen molar-refractivity contribution in [3.8, 4) is 0 Å². The molecule has 0 saturated heterocycles. The molecule has 0 aliphatic heterocycles. The van der Waals surface area contributed by atoms with Crippen LogP contribution in [0.5, 0.6) is 0 Å². The average molecular weight is 296 g/mol. The van der Waals surface area contributed by atoms with E-state index in [0.29, 0.717) is 24.9 Å². The molecule has 112 valence electrons. The predicted octanol–water partition coefficient (Wildman–Crippen LogP) is 2.99. The third-order valence-corrected chi connectivity index (χ3v) is 3.23. The fraction of sp³-hybridized carbons (Fsp3) is 0.533. The van der Waals surface area contributed by atoms with Gasteiger partial charge in [0.15, 0.2) is 11.4 Å². The maximum Gasteiger partial charge on any atom is 0.174 e. The van der Waals surface area contributed by atoms with Gasteiger partial charge in [-0.15, -0.1) is 0 Å².